The average Bonchev–Trinajstić information content (AvgIpc) is 1.22. The lowest BCUT2D eigenvalue weighted by atomic mass is 9.72. The molecule has 88 heavy (non-hydrogen) atoms. The van der Waals surface area contributed by atoms with Crippen LogP contribution in [-0.2, 0) is 78.4 Å². The molecule has 0 unspecified atom stereocenters. The van der Waals surface area contributed by atoms with Gasteiger partial charge in [-0.05, 0) is 140 Å². The van der Waals surface area contributed by atoms with E-state index >= 15 is 0 Å². The highest BCUT2D eigenvalue weighted by atomic mass is 19.4. The quantitative estimate of drug-likeness (QED) is 0.0991. The third kappa shape index (κ3) is 11.5. The number of halogens is 24. The van der Waals surface area contributed by atoms with Crippen molar-refractivity contribution in [2.24, 2.45) is 0 Å². The van der Waals surface area contributed by atoms with Crippen LogP contribution in [-0.4, -0.2) is 41.0 Å². The van der Waals surface area contributed by atoms with Crippen molar-refractivity contribution < 1.29 is 125 Å². The van der Waals surface area contributed by atoms with E-state index in [1.165, 1.54) is 36.4 Å². The van der Waals surface area contributed by atoms with Gasteiger partial charge in [0.1, 0.15) is 37.4 Å². The molecular weight excluding hydrogens is 1240 g/mol. The number of aliphatic hydroxyl groups is 2. The van der Waals surface area contributed by atoms with Crippen LogP contribution < -0.4 is 0 Å². The number of nitrogens with zero attached hydrogens (tertiary/aromatic N) is 1. The number of hydrogen-bond donors (Lipinski definition) is 2. The second-order valence-corrected chi connectivity index (χ2v) is 21.3. The van der Waals surface area contributed by atoms with E-state index in [9.17, 15) is 116 Å². The largest absolute Gasteiger partial charge is 0.416 e. The van der Waals surface area contributed by atoms with E-state index in [4.69, 9.17) is 4.74 Å². The zero-order valence-electron chi connectivity index (χ0n) is 43.8. The topological polar surface area (TPSA) is 49.7 Å². The third-order valence-electron chi connectivity index (χ3n) is 15.8. The summed E-state index contributed by atoms with van der Waals surface area (Å²) in [4.78, 5) is 0. The molecule has 8 aromatic carbocycles. The van der Waals surface area contributed by atoms with Crippen LogP contribution in [0.4, 0.5) is 105 Å². The SMILES string of the molecule is OC(c1cc(C(F)(F)F)cc(C(F)(F)F)c1)(c1cc(C(F)(F)F)cc(C(F)(F)F)c1)c1cc2ccccc2c2c1C[N+]1(CCOCC1)Cc1c(C(O)(c3cc(C(F)(F)F)cc(C(F)(F)F)c3)c3cc(C(F)(F)F)cc(C(F)(F)F)c3)cc3ccccc3c1-2. The highest BCUT2D eigenvalue weighted by Gasteiger charge is 2.52. The van der Waals surface area contributed by atoms with E-state index < -0.39 is 229 Å². The summed E-state index contributed by atoms with van der Waals surface area (Å²) in [6.07, 6.45) is -46.7. The molecule has 28 heteroatoms. The van der Waals surface area contributed by atoms with Crippen LogP contribution in [0.5, 0.6) is 0 Å². The van der Waals surface area contributed by atoms with Crippen LogP contribution in [0, 0.1) is 0 Å². The van der Waals surface area contributed by atoms with E-state index in [1.54, 1.807) is 0 Å². The predicted molar refractivity (Wildman–Crippen MR) is 265 cm³/mol. The molecule has 2 heterocycles. The van der Waals surface area contributed by atoms with E-state index in [0.29, 0.717) is 0 Å². The number of ether oxygens (including phenoxy) is 1. The van der Waals surface area contributed by atoms with Gasteiger partial charge >= 0.3 is 49.4 Å². The summed E-state index contributed by atoms with van der Waals surface area (Å²) in [5, 5.41) is 26.5. The molecular formula is C60H36F24NO3+. The molecule has 1 fully saturated rings. The van der Waals surface area contributed by atoms with Crippen molar-refractivity contribution in [1.82, 2.24) is 0 Å². The number of hydrogen-bond acceptors (Lipinski definition) is 3. The first-order valence-electron chi connectivity index (χ1n) is 25.5. The Balaban J connectivity index is 1.48. The maximum atomic E-state index is 15.0. The second kappa shape index (κ2) is 20.8. The van der Waals surface area contributed by atoms with Gasteiger partial charge in [-0.2, -0.15) is 105 Å². The van der Waals surface area contributed by atoms with Crippen LogP contribution in [0.15, 0.2) is 133 Å². The Kier molecular flexibility index (Phi) is 15.0. The molecule has 1 saturated heterocycles. The number of morpholine rings is 1. The Morgan fingerprint density at radius 1 is 0.295 bits per heavy atom. The van der Waals surface area contributed by atoms with Crippen molar-refractivity contribution in [3.05, 3.63) is 222 Å². The minimum atomic E-state index is -5.84. The van der Waals surface area contributed by atoms with E-state index in [-0.39, 0.29) is 70.1 Å². The molecule has 2 aliphatic heterocycles. The van der Waals surface area contributed by atoms with Crippen LogP contribution >= 0.6 is 0 Å². The summed E-state index contributed by atoms with van der Waals surface area (Å²) < 4.78 is 364. The number of benzene rings is 8. The number of alkyl halides is 24. The molecule has 10 rings (SSSR count). The second-order valence-electron chi connectivity index (χ2n) is 21.3. The number of quaternary nitrogens is 1. The zero-order chi connectivity index (χ0) is 64.7. The Labute approximate surface area is 479 Å². The summed E-state index contributed by atoms with van der Waals surface area (Å²) in [5.41, 5.74) is -37.1. The molecule has 2 N–H and O–H groups in total. The highest BCUT2D eigenvalue weighted by Crippen LogP contribution is 2.56. The average molecular weight is 1270 g/mol. The standard InChI is InChI=1S/C60H36F24NO3/c61-53(62,63)35-15-31(16-36(23-35)54(64,65)66)51(86,32-17-37(55(67,68)69)24-38(18-32)56(70,71)72)47-13-29-5-1-3-7-43(29)49-45(47)27-85(9-11-88-12-10-85)28-46-48(14-30-6-2-4-8-44(30)50(46)49)52(87,33-19-39(57(73,74)75)25-40(20-33)58(76,77)78)34-21-41(59(79,80)81)26-42(22-34)60(82,83)84/h1-8,13-26,86-87H,9-12,27-28H2/q+1. The van der Waals surface area contributed by atoms with Gasteiger partial charge in [0.05, 0.1) is 57.7 Å². The first-order chi connectivity index (χ1) is 40.3. The first-order valence-corrected chi connectivity index (χ1v) is 25.5. The van der Waals surface area contributed by atoms with E-state index in [1.807, 2.05) is 0 Å². The number of rotatable bonds is 6. The molecule has 0 aliphatic carbocycles. The summed E-state index contributed by atoms with van der Waals surface area (Å²) in [5.74, 6) is 0. The molecule has 2 aliphatic rings. The van der Waals surface area contributed by atoms with Gasteiger partial charge in [0.15, 0.2) is 0 Å². The van der Waals surface area contributed by atoms with Gasteiger partial charge in [0.25, 0.3) is 0 Å². The Morgan fingerprint density at radius 2 is 0.511 bits per heavy atom. The van der Waals surface area contributed by atoms with Crippen molar-refractivity contribution in [3.8, 4) is 11.1 Å². The summed E-state index contributed by atoms with van der Waals surface area (Å²) in [6, 6.07) is 8.04. The summed E-state index contributed by atoms with van der Waals surface area (Å²) in [7, 11) is 0. The molecule has 0 bridgehead atoms. The lowest BCUT2D eigenvalue weighted by Gasteiger charge is -2.43. The summed E-state index contributed by atoms with van der Waals surface area (Å²) in [6.45, 7) is -3.35. The normalized spacial score (nSPS) is 15.8. The fourth-order valence-corrected chi connectivity index (χ4v) is 11.7. The molecule has 0 atom stereocenters. The molecule has 0 aromatic heterocycles. The minimum absolute atomic E-state index is 0.170. The van der Waals surface area contributed by atoms with Crippen molar-refractivity contribution >= 4 is 21.5 Å². The van der Waals surface area contributed by atoms with Crippen molar-refractivity contribution in [3.63, 3.8) is 0 Å². The Hall–Kier alpha value is -7.56. The van der Waals surface area contributed by atoms with Gasteiger partial charge < -0.3 is 19.4 Å². The fraction of sp³-hybridized carbons (Fsp3) is 0.267. The van der Waals surface area contributed by atoms with E-state index in [2.05, 4.69) is 0 Å². The third-order valence-corrected chi connectivity index (χ3v) is 15.8. The van der Waals surface area contributed by atoms with E-state index in [0.717, 1.165) is 24.3 Å². The lowest BCUT2D eigenvalue weighted by Crippen LogP contribution is -2.54. The zero-order valence-corrected chi connectivity index (χ0v) is 43.8. The Morgan fingerprint density at radius 3 is 0.739 bits per heavy atom. The monoisotopic (exact) mass is 1270 g/mol. The van der Waals surface area contributed by atoms with Crippen LogP contribution in [0.1, 0.15) is 89.0 Å². The lowest BCUT2D eigenvalue weighted by molar-refractivity contribution is -0.959. The van der Waals surface area contributed by atoms with Gasteiger partial charge in [-0.15, -0.1) is 0 Å². The predicted octanol–water partition coefficient (Wildman–Crippen LogP) is 18.2. The summed E-state index contributed by atoms with van der Waals surface area (Å²) >= 11 is 0. The van der Waals surface area contributed by atoms with Gasteiger partial charge in [0, 0.05) is 22.3 Å². The van der Waals surface area contributed by atoms with Crippen LogP contribution in [0.3, 0.4) is 0 Å². The smallest absolute Gasteiger partial charge is 0.376 e. The maximum absolute atomic E-state index is 15.0. The van der Waals surface area contributed by atoms with Crippen molar-refractivity contribution in [1.29, 1.82) is 0 Å². The number of fused-ring (bicyclic) bond motifs is 7. The van der Waals surface area contributed by atoms with Gasteiger partial charge in [0.2, 0.25) is 0 Å². The Bertz CT molecular complexity index is 3530. The van der Waals surface area contributed by atoms with Crippen molar-refractivity contribution in [2.45, 2.75) is 73.7 Å². The van der Waals surface area contributed by atoms with Gasteiger partial charge in [-0.1, -0.05) is 48.5 Å². The highest BCUT2D eigenvalue weighted by molar-refractivity contribution is 6.09. The molecule has 4 nitrogen and oxygen atoms in total. The molecule has 1 spiro atoms. The molecule has 0 saturated carbocycles. The van der Waals surface area contributed by atoms with Gasteiger partial charge in [-0.3, -0.25) is 0 Å². The fourth-order valence-electron chi connectivity index (χ4n) is 11.7. The molecule has 466 valence electrons. The minimum Gasteiger partial charge on any atom is -0.376 e. The van der Waals surface area contributed by atoms with Crippen LogP contribution in [0.25, 0.3) is 32.7 Å². The molecule has 8 aromatic rings. The molecule has 0 amide bonds. The van der Waals surface area contributed by atoms with Crippen LogP contribution in [0.2, 0.25) is 0 Å². The van der Waals surface area contributed by atoms with Gasteiger partial charge in [-0.25, -0.2) is 0 Å². The maximum Gasteiger partial charge on any atom is 0.416 e. The molecule has 0 radical (unpaired) electrons. The first kappa shape index (κ1) is 63.5. The van der Waals surface area contributed by atoms with Crippen molar-refractivity contribution in [2.75, 3.05) is 26.3 Å².